The maximum atomic E-state index is 11.1. The number of amides is 1. The van der Waals surface area contributed by atoms with Gasteiger partial charge in [0.25, 0.3) is 0 Å². The zero-order chi connectivity index (χ0) is 10.5. The Kier molecular flexibility index (Phi) is 4.48. The molecule has 4 nitrogen and oxygen atoms in total. The summed E-state index contributed by atoms with van der Waals surface area (Å²) in [6.07, 6.45) is 1.04. The number of ether oxygens (including phenoxy) is 1. The van der Waals surface area contributed by atoms with E-state index in [9.17, 15) is 9.90 Å². The second-order valence-corrected chi connectivity index (χ2v) is 3.53. The van der Waals surface area contributed by atoms with Gasteiger partial charge in [0.15, 0.2) is 0 Å². The molecule has 0 fully saturated rings. The van der Waals surface area contributed by atoms with Crippen LogP contribution < -0.4 is 0 Å². The zero-order valence-corrected chi connectivity index (χ0v) is 8.41. The number of hydrogen-bond acceptors (Lipinski definition) is 3. The highest BCUT2D eigenvalue weighted by atomic mass is 16.6. The van der Waals surface area contributed by atoms with E-state index in [0.717, 1.165) is 0 Å². The van der Waals surface area contributed by atoms with Crippen LogP contribution in [0.3, 0.4) is 0 Å². The molecule has 0 heterocycles. The minimum absolute atomic E-state index is 0.190. The molecule has 0 bridgehead atoms. The number of aliphatic hydroxyl groups is 1. The average molecular weight is 187 g/mol. The largest absolute Gasteiger partial charge is 0.445 e. The van der Waals surface area contributed by atoms with Crippen molar-refractivity contribution in [3.63, 3.8) is 0 Å². The van der Waals surface area contributed by atoms with Gasteiger partial charge in [-0.3, -0.25) is 0 Å². The van der Waals surface area contributed by atoms with E-state index in [4.69, 9.17) is 4.74 Å². The van der Waals surface area contributed by atoms with Gasteiger partial charge >= 0.3 is 6.09 Å². The van der Waals surface area contributed by atoms with Crippen molar-refractivity contribution in [1.29, 1.82) is 0 Å². The summed E-state index contributed by atoms with van der Waals surface area (Å²) in [5.74, 6) is 0. The fraction of sp³-hybridized carbons (Fsp3) is 0.667. The third-order valence-corrected chi connectivity index (χ3v) is 1.26. The number of likely N-dealkylation sites (N-methyl/N-ethyl adjacent to an activating group) is 1. The molecule has 0 saturated heterocycles. The van der Waals surface area contributed by atoms with Crippen LogP contribution >= 0.6 is 0 Å². The molecule has 0 radical (unpaired) electrons. The number of carbonyl (C=O) groups is 1. The third kappa shape index (κ3) is 6.16. The summed E-state index contributed by atoms with van der Waals surface area (Å²) in [7, 11) is 1.57. The summed E-state index contributed by atoms with van der Waals surface area (Å²) < 4.78 is 4.76. The predicted molar refractivity (Wildman–Crippen MR) is 50.5 cm³/mol. The van der Waals surface area contributed by atoms with E-state index in [1.165, 1.54) is 11.0 Å². The topological polar surface area (TPSA) is 49.8 Å². The van der Waals surface area contributed by atoms with Gasteiger partial charge in [-0.2, -0.15) is 0 Å². The van der Waals surface area contributed by atoms with Crippen molar-refractivity contribution < 1.29 is 14.6 Å². The fourth-order valence-electron chi connectivity index (χ4n) is 0.885. The van der Waals surface area contributed by atoms with Crippen LogP contribution in [0.15, 0.2) is 12.7 Å². The Labute approximate surface area is 78.8 Å². The van der Waals surface area contributed by atoms with Crippen molar-refractivity contribution in [1.82, 2.24) is 4.90 Å². The lowest BCUT2D eigenvalue weighted by atomic mass is 10.1. The maximum Gasteiger partial charge on any atom is 0.409 e. The molecule has 0 atom stereocenters. The van der Waals surface area contributed by atoms with E-state index < -0.39 is 11.7 Å². The van der Waals surface area contributed by atoms with Gasteiger partial charge in [-0.25, -0.2) is 4.79 Å². The molecule has 0 aromatic carbocycles. The lowest BCUT2D eigenvalue weighted by Crippen LogP contribution is -2.39. The highest BCUT2D eigenvalue weighted by Gasteiger charge is 2.19. The van der Waals surface area contributed by atoms with Crippen molar-refractivity contribution in [2.45, 2.75) is 19.4 Å². The van der Waals surface area contributed by atoms with Crippen LogP contribution in [0.1, 0.15) is 13.8 Å². The third-order valence-electron chi connectivity index (χ3n) is 1.26. The molecule has 0 rings (SSSR count). The lowest BCUT2D eigenvalue weighted by Gasteiger charge is -2.24. The quantitative estimate of drug-likeness (QED) is 0.668. The van der Waals surface area contributed by atoms with Crippen molar-refractivity contribution in [3.8, 4) is 0 Å². The van der Waals surface area contributed by atoms with Gasteiger partial charge in [0.2, 0.25) is 0 Å². The van der Waals surface area contributed by atoms with Crippen molar-refractivity contribution in [2.24, 2.45) is 0 Å². The monoisotopic (exact) mass is 187 g/mol. The van der Waals surface area contributed by atoms with Gasteiger partial charge < -0.3 is 14.7 Å². The number of hydrogen-bond donors (Lipinski definition) is 1. The van der Waals surface area contributed by atoms with Crippen LogP contribution in [0.5, 0.6) is 0 Å². The van der Waals surface area contributed by atoms with Crippen molar-refractivity contribution in [3.05, 3.63) is 12.7 Å². The Balaban J connectivity index is 3.89. The maximum absolute atomic E-state index is 11.1. The molecule has 1 N–H and O–H groups in total. The fourth-order valence-corrected chi connectivity index (χ4v) is 0.885. The second-order valence-electron chi connectivity index (χ2n) is 3.53. The van der Waals surface area contributed by atoms with Gasteiger partial charge in [-0.15, -0.1) is 0 Å². The van der Waals surface area contributed by atoms with Crippen LogP contribution in [0.25, 0.3) is 0 Å². The minimum Gasteiger partial charge on any atom is -0.445 e. The highest BCUT2D eigenvalue weighted by Crippen LogP contribution is 2.04. The van der Waals surface area contributed by atoms with Crippen LogP contribution in [0, 0.1) is 0 Å². The van der Waals surface area contributed by atoms with E-state index in [-0.39, 0.29) is 13.2 Å². The van der Waals surface area contributed by atoms with E-state index in [1.54, 1.807) is 20.9 Å². The summed E-state index contributed by atoms with van der Waals surface area (Å²) in [5.41, 5.74) is -0.901. The Hall–Kier alpha value is -1.03. The molecule has 0 aliphatic carbocycles. The van der Waals surface area contributed by atoms with Gasteiger partial charge in [0.1, 0.15) is 6.61 Å². The summed E-state index contributed by atoms with van der Waals surface area (Å²) in [4.78, 5) is 12.4. The SMILES string of the molecule is C=CCOC(=O)N(C)CC(C)(C)O. The van der Waals surface area contributed by atoms with Crippen LogP contribution in [-0.2, 0) is 4.74 Å². The lowest BCUT2D eigenvalue weighted by molar-refractivity contribution is 0.0380. The van der Waals surface area contributed by atoms with Gasteiger partial charge in [0, 0.05) is 7.05 Å². The first kappa shape index (κ1) is 12.0. The molecule has 0 aliphatic rings. The molecule has 0 unspecified atom stereocenters. The summed E-state index contributed by atoms with van der Waals surface area (Å²) in [6, 6.07) is 0. The van der Waals surface area contributed by atoms with E-state index in [2.05, 4.69) is 6.58 Å². The second kappa shape index (κ2) is 4.87. The van der Waals surface area contributed by atoms with Crippen molar-refractivity contribution in [2.75, 3.05) is 20.2 Å². The molecule has 0 aliphatic heterocycles. The molecule has 0 spiro atoms. The molecule has 76 valence electrons. The molecule has 0 aromatic rings. The van der Waals surface area contributed by atoms with Crippen LogP contribution in [0.4, 0.5) is 4.79 Å². The zero-order valence-electron chi connectivity index (χ0n) is 8.41. The molecule has 0 aromatic heterocycles. The molecular formula is C9H17NO3. The standard InChI is InChI=1S/C9H17NO3/c1-5-6-13-8(11)10(4)7-9(2,3)12/h5,12H,1,6-7H2,2-4H3. The molecule has 13 heavy (non-hydrogen) atoms. The van der Waals surface area contributed by atoms with Crippen LogP contribution in [0.2, 0.25) is 0 Å². The number of carbonyl (C=O) groups excluding carboxylic acids is 1. The Bertz CT molecular complexity index is 184. The first-order chi connectivity index (χ1) is 5.87. The van der Waals surface area contributed by atoms with E-state index in [1.807, 2.05) is 0 Å². The van der Waals surface area contributed by atoms with Gasteiger partial charge in [-0.05, 0) is 13.8 Å². The number of nitrogens with zero attached hydrogens (tertiary/aromatic N) is 1. The first-order valence-electron chi connectivity index (χ1n) is 4.08. The normalized spacial score (nSPS) is 10.8. The summed E-state index contributed by atoms with van der Waals surface area (Å²) in [6.45, 7) is 7.11. The van der Waals surface area contributed by atoms with E-state index in [0.29, 0.717) is 0 Å². The Morgan fingerprint density at radius 2 is 2.23 bits per heavy atom. The Morgan fingerprint density at radius 1 is 1.69 bits per heavy atom. The van der Waals surface area contributed by atoms with Gasteiger partial charge in [-0.1, -0.05) is 12.7 Å². The molecule has 0 saturated carbocycles. The Morgan fingerprint density at radius 3 is 2.62 bits per heavy atom. The van der Waals surface area contributed by atoms with E-state index >= 15 is 0 Å². The molecule has 4 heteroatoms. The molecule has 1 amide bonds. The summed E-state index contributed by atoms with van der Waals surface area (Å²) >= 11 is 0. The van der Waals surface area contributed by atoms with Gasteiger partial charge in [0.05, 0.1) is 12.1 Å². The van der Waals surface area contributed by atoms with Crippen molar-refractivity contribution >= 4 is 6.09 Å². The summed E-state index contributed by atoms with van der Waals surface area (Å²) in [5, 5.41) is 9.39. The smallest absolute Gasteiger partial charge is 0.409 e. The molecular weight excluding hydrogens is 170 g/mol. The first-order valence-corrected chi connectivity index (χ1v) is 4.08. The minimum atomic E-state index is -0.901. The predicted octanol–water partition coefficient (Wildman–Crippen LogP) is 1.01. The highest BCUT2D eigenvalue weighted by molar-refractivity contribution is 5.67. The average Bonchev–Trinajstić information content (AvgIpc) is 1.96. The van der Waals surface area contributed by atoms with Crippen LogP contribution in [-0.4, -0.2) is 41.9 Å². The number of rotatable bonds is 4.